The zero-order valence-electron chi connectivity index (χ0n) is 7.34. The summed E-state index contributed by atoms with van der Waals surface area (Å²) < 4.78 is 0. The summed E-state index contributed by atoms with van der Waals surface area (Å²) in [5, 5.41) is 18.0. The van der Waals surface area contributed by atoms with Gasteiger partial charge in [0.05, 0.1) is 0 Å². The number of hydrogen-bond donors (Lipinski definition) is 2. The van der Waals surface area contributed by atoms with Crippen molar-refractivity contribution in [3.8, 4) is 11.5 Å². The molecule has 2 rings (SSSR count). The van der Waals surface area contributed by atoms with Gasteiger partial charge in [0.15, 0.2) is 11.5 Å². The predicted octanol–water partition coefficient (Wildman–Crippen LogP) is -0.911. The van der Waals surface area contributed by atoms with Crippen molar-refractivity contribution in [2.45, 2.75) is 9.79 Å². The molecule has 0 bridgehead atoms. The quantitative estimate of drug-likeness (QED) is 0.538. The van der Waals surface area contributed by atoms with Crippen LogP contribution in [0.1, 0.15) is 0 Å². The van der Waals surface area contributed by atoms with E-state index in [0.29, 0.717) is 21.6 Å². The lowest BCUT2D eigenvalue weighted by molar-refractivity contribution is 0.445. The lowest BCUT2D eigenvalue weighted by atomic mass is 10.3. The molecule has 2 N–H and O–H groups in total. The van der Waals surface area contributed by atoms with Gasteiger partial charge in [-0.1, -0.05) is 0 Å². The van der Waals surface area contributed by atoms with E-state index in [-0.39, 0.29) is 9.79 Å². The Morgan fingerprint density at radius 1 is 0.625 bits per heavy atom. The second-order valence-corrected chi connectivity index (χ2v) is 4.99. The molecule has 6 nitrogen and oxygen atoms in total. The molecular weight excluding hydrogens is 256 g/mol. The van der Waals surface area contributed by atoms with Crippen molar-refractivity contribution in [2.24, 2.45) is 0 Å². The smallest absolute Gasteiger partial charge is 0.269 e. The van der Waals surface area contributed by atoms with Gasteiger partial charge < -0.3 is 10.2 Å². The lowest BCUT2D eigenvalue weighted by Crippen LogP contribution is -2.32. The van der Waals surface area contributed by atoms with Gasteiger partial charge >= 0.3 is 0 Å². The third-order valence-corrected chi connectivity index (χ3v) is 4.32. The SMILES string of the molecule is O=c1c(O)c(SSc2c(O)c(=O)c2=O)c1=O. The number of hydrogen-bond acceptors (Lipinski definition) is 8. The van der Waals surface area contributed by atoms with Crippen LogP contribution in [-0.4, -0.2) is 10.2 Å². The van der Waals surface area contributed by atoms with E-state index < -0.39 is 33.2 Å². The predicted molar refractivity (Wildman–Crippen MR) is 57.8 cm³/mol. The summed E-state index contributed by atoms with van der Waals surface area (Å²) >= 11 is 0. The zero-order valence-corrected chi connectivity index (χ0v) is 8.98. The first-order valence-corrected chi connectivity index (χ1v) is 5.99. The third kappa shape index (κ3) is 1.30. The first-order valence-electron chi connectivity index (χ1n) is 3.84. The minimum absolute atomic E-state index is 0.178. The van der Waals surface area contributed by atoms with Crippen LogP contribution in [0.3, 0.4) is 0 Å². The molecule has 0 aliphatic rings. The maximum atomic E-state index is 10.9. The number of aromatic hydroxyl groups is 2. The lowest BCUT2D eigenvalue weighted by Gasteiger charge is -2.05. The topological polar surface area (TPSA) is 109 Å². The average molecular weight is 258 g/mol. The summed E-state index contributed by atoms with van der Waals surface area (Å²) in [7, 11) is 1.32. The maximum absolute atomic E-state index is 10.9. The molecule has 8 heteroatoms. The van der Waals surface area contributed by atoms with Gasteiger partial charge in [-0.2, -0.15) is 0 Å². The average Bonchev–Trinajstić information content (AvgIpc) is 2.32. The van der Waals surface area contributed by atoms with Crippen LogP contribution in [0, 0.1) is 0 Å². The Morgan fingerprint density at radius 3 is 1.19 bits per heavy atom. The second-order valence-electron chi connectivity index (χ2n) is 2.84. The Morgan fingerprint density at radius 2 is 0.938 bits per heavy atom. The van der Waals surface area contributed by atoms with Crippen LogP contribution in [0.4, 0.5) is 0 Å². The monoisotopic (exact) mass is 258 g/mol. The second kappa shape index (κ2) is 3.49. The van der Waals surface area contributed by atoms with Crippen molar-refractivity contribution in [1.82, 2.24) is 0 Å². The molecule has 0 saturated heterocycles. The van der Waals surface area contributed by atoms with E-state index in [9.17, 15) is 19.2 Å². The maximum Gasteiger partial charge on any atom is 0.269 e. The molecule has 0 saturated carbocycles. The van der Waals surface area contributed by atoms with Gasteiger partial charge in [-0.15, -0.1) is 0 Å². The first-order chi connectivity index (χ1) is 7.45. The minimum Gasteiger partial charge on any atom is -0.503 e. The summed E-state index contributed by atoms with van der Waals surface area (Å²) in [6.07, 6.45) is 0. The summed E-state index contributed by atoms with van der Waals surface area (Å²) in [4.78, 5) is 42.7. The van der Waals surface area contributed by atoms with E-state index in [1.807, 2.05) is 0 Å². The molecule has 0 amide bonds. The van der Waals surface area contributed by atoms with Crippen LogP contribution >= 0.6 is 21.6 Å². The molecule has 2 aromatic rings. The molecule has 82 valence electrons. The van der Waals surface area contributed by atoms with Gasteiger partial charge in [0.2, 0.25) is 10.9 Å². The molecule has 0 radical (unpaired) electrons. The Kier molecular flexibility index (Phi) is 2.39. The van der Waals surface area contributed by atoms with Gasteiger partial charge in [0.25, 0.3) is 10.9 Å². The fourth-order valence-electron chi connectivity index (χ4n) is 0.956. The zero-order chi connectivity index (χ0) is 12.0. The summed E-state index contributed by atoms with van der Waals surface area (Å²) in [5.41, 5.74) is -3.63. The molecular formula is C8H2O6S2. The van der Waals surface area contributed by atoms with Gasteiger partial charge in [0.1, 0.15) is 9.79 Å². The highest BCUT2D eigenvalue weighted by Crippen LogP contribution is 2.40. The van der Waals surface area contributed by atoms with Crippen molar-refractivity contribution in [1.29, 1.82) is 0 Å². The van der Waals surface area contributed by atoms with Crippen molar-refractivity contribution < 1.29 is 10.2 Å². The Bertz CT molecular complexity index is 651. The molecule has 16 heavy (non-hydrogen) atoms. The van der Waals surface area contributed by atoms with Crippen molar-refractivity contribution >= 4 is 21.6 Å². The van der Waals surface area contributed by atoms with Gasteiger partial charge in [-0.25, -0.2) is 0 Å². The van der Waals surface area contributed by atoms with Crippen LogP contribution < -0.4 is 21.7 Å². The van der Waals surface area contributed by atoms with Gasteiger partial charge in [-0.05, 0) is 21.6 Å². The van der Waals surface area contributed by atoms with Gasteiger partial charge in [0, 0.05) is 0 Å². The third-order valence-electron chi connectivity index (χ3n) is 1.89. The Hall–Kier alpha value is -1.54. The van der Waals surface area contributed by atoms with Crippen molar-refractivity contribution in [3.05, 3.63) is 40.9 Å². The van der Waals surface area contributed by atoms with E-state index in [0.717, 1.165) is 0 Å². The van der Waals surface area contributed by atoms with Crippen LogP contribution in [0.2, 0.25) is 0 Å². The van der Waals surface area contributed by atoms with E-state index in [1.54, 1.807) is 0 Å². The van der Waals surface area contributed by atoms with E-state index in [1.165, 1.54) is 0 Å². The Balaban J connectivity index is 2.17. The highest BCUT2D eigenvalue weighted by atomic mass is 33.1. The molecule has 0 aromatic heterocycles. The molecule has 0 aliphatic heterocycles. The highest BCUT2D eigenvalue weighted by molar-refractivity contribution is 8.76. The summed E-state index contributed by atoms with van der Waals surface area (Å²) in [6, 6.07) is 0. The molecule has 0 aliphatic carbocycles. The molecule has 2 aromatic carbocycles. The van der Waals surface area contributed by atoms with Crippen LogP contribution in [0.5, 0.6) is 11.5 Å². The first kappa shape index (κ1) is 11.0. The van der Waals surface area contributed by atoms with E-state index in [4.69, 9.17) is 10.2 Å². The Labute approximate surface area is 94.3 Å². The molecule has 0 unspecified atom stereocenters. The van der Waals surface area contributed by atoms with Crippen LogP contribution in [0.25, 0.3) is 0 Å². The molecule has 0 spiro atoms. The normalized spacial score (nSPS) is 11.2. The number of rotatable bonds is 3. The summed E-state index contributed by atoms with van der Waals surface area (Å²) in [5.74, 6) is -1.30. The van der Waals surface area contributed by atoms with E-state index in [2.05, 4.69) is 0 Å². The van der Waals surface area contributed by atoms with Crippen LogP contribution in [-0.2, 0) is 0 Å². The van der Waals surface area contributed by atoms with E-state index >= 15 is 0 Å². The van der Waals surface area contributed by atoms with Crippen LogP contribution in [0.15, 0.2) is 29.0 Å². The standard InChI is InChI=1S/C8H2O6S2/c9-1-3(11)7(4(1)12)15-16-8-5(13)2(10)6(8)14/h11,13H. The fraction of sp³-hybridized carbons (Fsp3) is 0. The van der Waals surface area contributed by atoms with Crippen molar-refractivity contribution in [3.63, 3.8) is 0 Å². The van der Waals surface area contributed by atoms with Gasteiger partial charge in [-0.3, -0.25) is 19.2 Å². The summed E-state index contributed by atoms with van der Waals surface area (Å²) in [6.45, 7) is 0. The molecule has 0 heterocycles. The fourth-order valence-corrected chi connectivity index (χ4v) is 3.23. The minimum atomic E-state index is -0.975. The largest absolute Gasteiger partial charge is 0.503 e. The highest BCUT2D eigenvalue weighted by Gasteiger charge is 2.25. The molecule has 0 atom stereocenters. The molecule has 0 fully saturated rings. The van der Waals surface area contributed by atoms with Crippen molar-refractivity contribution in [2.75, 3.05) is 0 Å².